The number of halogens is 1. The summed E-state index contributed by atoms with van der Waals surface area (Å²) < 4.78 is 12.2. The highest BCUT2D eigenvalue weighted by atomic mass is 79.9. The lowest BCUT2D eigenvalue weighted by molar-refractivity contribution is 0.0990. The summed E-state index contributed by atoms with van der Waals surface area (Å²) in [5.74, 6) is 0.462. The summed E-state index contributed by atoms with van der Waals surface area (Å²) in [5.41, 5.74) is 16.8. The fourth-order valence-electron chi connectivity index (χ4n) is 3.01. The minimum atomic E-state index is 0.462. The van der Waals surface area contributed by atoms with Gasteiger partial charge in [-0.1, -0.05) is 46.3 Å². The van der Waals surface area contributed by atoms with E-state index in [0.29, 0.717) is 23.9 Å². The van der Waals surface area contributed by atoms with E-state index in [0.717, 1.165) is 42.5 Å². The van der Waals surface area contributed by atoms with Crippen LogP contribution in [0.5, 0.6) is 0 Å². The number of nitrogens with two attached hydrogens (primary N) is 2. The third kappa shape index (κ3) is 6.01. The van der Waals surface area contributed by atoms with Crippen LogP contribution >= 0.6 is 15.9 Å². The third-order valence-electron chi connectivity index (χ3n) is 4.68. The number of hydrogen-bond acceptors (Lipinski definition) is 4. The summed E-state index contributed by atoms with van der Waals surface area (Å²) in [6, 6.07) is 12.2. The van der Waals surface area contributed by atoms with E-state index < -0.39 is 0 Å². The fraction of sp³-hybridized carbons (Fsp3) is 0.429. The zero-order valence-electron chi connectivity index (χ0n) is 15.6. The standard InChI is InChI=1S/C21H29BrN2O2/c1-15-20(22)18(13-19(23)21(15)24)12-16(8-10-25-2)9-11-26-14-17-6-4-3-5-7-17/h3-7,13,16H,8-12,14,23-24H2,1-2H3. The number of methoxy groups -OCH3 is 1. The molecule has 0 amide bonds. The number of rotatable bonds is 10. The van der Waals surface area contributed by atoms with E-state index in [9.17, 15) is 0 Å². The first-order valence-electron chi connectivity index (χ1n) is 8.96. The van der Waals surface area contributed by atoms with Crippen molar-refractivity contribution in [2.24, 2.45) is 5.92 Å². The molecule has 5 heteroatoms. The van der Waals surface area contributed by atoms with Gasteiger partial charge in [0.1, 0.15) is 0 Å². The van der Waals surface area contributed by atoms with Gasteiger partial charge >= 0.3 is 0 Å². The van der Waals surface area contributed by atoms with Crippen molar-refractivity contribution in [1.29, 1.82) is 0 Å². The highest BCUT2D eigenvalue weighted by molar-refractivity contribution is 9.10. The van der Waals surface area contributed by atoms with Crippen molar-refractivity contribution < 1.29 is 9.47 Å². The molecule has 2 aromatic rings. The van der Waals surface area contributed by atoms with Gasteiger partial charge < -0.3 is 20.9 Å². The molecule has 2 rings (SSSR count). The molecule has 4 N–H and O–H groups in total. The van der Waals surface area contributed by atoms with Crippen LogP contribution in [0.15, 0.2) is 40.9 Å². The van der Waals surface area contributed by atoms with Crippen LogP contribution in [0, 0.1) is 12.8 Å². The van der Waals surface area contributed by atoms with Crippen LogP contribution in [-0.2, 0) is 22.5 Å². The molecule has 1 unspecified atom stereocenters. The first-order valence-corrected chi connectivity index (χ1v) is 9.75. The Morgan fingerprint density at radius 2 is 1.77 bits per heavy atom. The van der Waals surface area contributed by atoms with Crippen LogP contribution in [0.25, 0.3) is 0 Å². The van der Waals surface area contributed by atoms with Gasteiger partial charge in [0, 0.05) is 24.8 Å². The minimum Gasteiger partial charge on any atom is -0.397 e. The third-order valence-corrected chi connectivity index (χ3v) is 5.78. The van der Waals surface area contributed by atoms with Crippen LogP contribution in [0.3, 0.4) is 0 Å². The zero-order chi connectivity index (χ0) is 18.9. The quantitative estimate of drug-likeness (QED) is 0.430. The molecule has 1 atom stereocenters. The molecule has 26 heavy (non-hydrogen) atoms. The maximum atomic E-state index is 6.06. The van der Waals surface area contributed by atoms with E-state index in [1.165, 1.54) is 11.1 Å². The van der Waals surface area contributed by atoms with E-state index >= 15 is 0 Å². The monoisotopic (exact) mass is 420 g/mol. The Morgan fingerprint density at radius 3 is 2.46 bits per heavy atom. The summed E-state index contributed by atoms with van der Waals surface area (Å²) in [4.78, 5) is 0. The molecule has 0 radical (unpaired) electrons. The summed E-state index contributed by atoms with van der Waals surface area (Å²) in [6.45, 7) is 4.11. The molecule has 0 bridgehead atoms. The molecule has 142 valence electrons. The molecule has 0 aliphatic rings. The predicted molar refractivity (Wildman–Crippen MR) is 112 cm³/mol. The molecule has 0 aliphatic carbocycles. The Morgan fingerprint density at radius 1 is 1.08 bits per heavy atom. The lowest BCUT2D eigenvalue weighted by atomic mass is 9.92. The molecule has 0 aromatic heterocycles. The normalized spacial score (nSPS) is 12.3. The van der Waals surface area contributed by atoms with Crippen molar-refractivity contribution in [1.82, 2.24) is 0 Å². The van der Waals surface area contributed by atoms with Crippen molar-refractivity contribution in [3.63, 3.8) is 0 Å². The van der Waals surface area contributed by atoms with Crippen LogP contribution in [0.1, 0.15) is 29.5 Å². The van der Waals surface area contributed by atoms with Crippen LogP contribution in [0.4, 0.5) is 11.4 Å². The Bertz CT molecular complexity index is 692. The second-order valence-corrected chi connectivity index (χ2v) is 7.45. The van der Waals surface area contributed by atoms with Crippen LogP contribution in [-0.4, -0.2) is 20.3 Å². The second kappa shape index (κ2) is 10.6. The predicted octanol–water partition coefficient (Wildman–Crippen LogP) is 4.72. The van der Waals surface area contributed by atoms with Gasteiger partial charge in [-0.3, -0.25) is 0 Å². The van der Waals surface area contributed by atoms with Gasteiger partial charge in [0.25, 0.3) is 0 Å². The van der Waals surface area contributed by atoms with E-state index in [1.54, 1.807) is 7.11 Å². The Hall–Kier alpha value is -1.56. The summed E-state index contributed by atoms with van der Waals surface area (Å²) >= 11 is 3.68. The Kier molecular flexibility index (Phi) is 8.42. The highest BCUT2D eigenvalue weighted by Gasteiger charge is 2.15. The van der Waals surface area contributed by atoms with Gasteiger partial charge in [0.15, 0.2) is 0 Å². The zero-order valence-corrected chi connectivity index (χ0v) is 17.2. The molecule has 0 aliphatic heterocycles. The topological polar surface area (TPSA) is 70.5 Å². The Balaban J connectivity index is 1.94. The molecule has 2 aromatic carbocycles. The SMILES string of the molecule is COCCC(CCOCc1ccccc1)Cc1cc(N)c(N)c(C)c1Br. The van der Waals surface area contributed by atoms with Gasteiger partial charge in [-0.2, -0.15) is 0 Å². The fourth-order valence-corrected chi connectivity index (χ4v) is 3.50. The van der Waals surface area contributed by atoms with E-state index in [4.69, 9.17) is 20.9 Å². The molecule has 0 saturated carbocycles. The lowest BCUT2D eigenvalue weighted by Gasteiger charge is -2.19. The number of benzene rings is 2. The summed E-state index contributed by atoms with van der Waals surface area (Å²) in [5, 5.41) is 0. The van der Waals surface area contributed by atoms with E-state index in [1.807, 2.05) is 31.2 Å². The average molecular weight is 421 g/mol. The maximum absolute atomic E-state index is 6.06. The first-order chi connectivity index (χ1) is 12.5. The van der Waals surface area contributed by atoms with Crippen molar-refractivity contribution in [3.8, 4) is 0 Å². The molecule has 0 fully saturated rings. The van der Waals surface area contributed by atoms with Crippen LogP contribution in [0.2, 0.25) is 0 Å². The van der Waals surface area contributed by atoms with Crippen molar-refractivity contribution >= 4 is 27.3 Å². The van der Waals surface area contributed by atoms with E-state index in [-0.39, 0.29) is 0 Å². The maximum Gasteiger partial charge on any atom is 0.0716 e. The average Bonchev–Trinajstić information content (AvgIpc) is 2.66. The largest absolute Gasteiger partial charge is 0.397 e. The highest BCUT2D eigenvalue weighted by Crippen LogP contribution is 2.33. The number of hydrogen-bond donors (Lipinski definition) is 2. The molecule has 4 nitrogen and oxygen atoms in total. The van der Waals surface area contributed by atoms with Crippen LogP contribution < -0.4 is 11.5 Å². The first kappa shape index (κ1) is 20.7. The van der Waals surface area contributed by atoms with E-state index in [2.05, 4.69) is 28.1 Å². The number of ether oxygens (including phenoxy) is 2. The van der Waals surface area contributed by atoms with Gasteiger partial charge in [-0.25, -0.2) is 0 Å². The molecule has 0 spiro atoms. The molecular formula is C21H29BrN2O2. The molecule has 0 saturated heterocycles. The number of anilines is 2. The summed E-state index contributed by atoms with van der Waals surface area (Å²) in [7, 11) is 1.74. The van der Waals surface area contributed by atoms with Gasteiger partial charge in [-0.15, -0.1) is 0 Å². The minimum absolute atomic E-state index is 0.462. The Labute approximate surface area is 165 Å². The van der Waals surface area contributed by atoms with Gasteiger partial charge in [0.2, 0.25) is 0 Å². The van der Waals surface area contributed by atoms with Gasteiger partial charge in [0.05, 0.1) is 18.0 Å². The second-order valence-electron chi connectivity index (χ2n) is 6.66. The van der Waals surface area contributed by atoms with Crippen molar-refractivity contribution in [3.05, 3.63) is 57.6 Å². The van der Waals surface area contributed by atoms with Crippen molar-refractivity contribution in [2.45, 2.75) is 32.8 Å². The molecule has 0 heterocycles. The lowest BCUT2D eigenvalue weighted by Crippen LogP contribution is -2.13. The number of nitrogen functional groups attached to an aromatic ring is 2. The smallest absolute Gasteiger partial charge is 0.0716 e. The van der Waals surface area contributed by atoms with Crippen molar-refractivity contribution in [2.75, 3.05) is 31.8 Å². The molecular weight excluding hydrogens is 392 g/mol. The summed E-state index contributed by atoms with van der Waals surface area (Å²) in [6.07, 6.45) is 2.89. The van der Waals surface area contributed by atoms with Gasteiger partial charge in [-0.05, 0) is 54.9 Å².